The first kappa shape index (κ1) is 8.70. The van der Waals surface area contributed by atoms with E-state index >= 15 is 0 Å². The van der Waals surface area contributed by atoms with Gasteiger partial charge in [0, 0.05) is 0 Å². The second-order valence-corrected chi connectivity index (χ2v) is 2.11. The van der Waals surface area contributed by atoms with E-state index in [1.54, 1.807) is 0 Å². The van der Waals surface area contributed by atoms with Crippen LogP contribution in [0.1, 0.15) is 13.3 Å². The van der Waals surface area contributed by atoms with Gasteiger partial charge in [0.05, 0.1) is 0 Å². The largest absolute Gasteiger partial charge is 0.471 e. The van der Waals surface area contributed by atoms with Crippen LogP contribution < -0.4 is 0 Å². The second-order valence-electron chi connectivity index (χ2n) is 2.11. The van der Waals surface area contributed by atoms with Gasteiger partial charge in [-0.15, -0.1) is 0 Å². The maximum absolute atomic E-state index is 10.1. The topological polar surface area (TPSA) is 60.2 Å². The lowest BCUT2D eigenvalue weighted by Gasteiger charge is -2.13. The van der Waals surface area contributed by atoms with Crippen molar-refractivity contribution in [3.63, 3.8) is 0 Å². The fourth-order valence-electron chi connectivity index (χ4n) is 0.804. The van der Waals surface area contributed by atoms with Crippen LogP contribution in [-0.2, 0) is 14.4 Å². The van der Waals surface area contributed by atoms with Crippen molar-refractivity contribution >= 4 is 18.0 Å². The van der Waals surface area contributed by atoms with E-state index in [2.05, 4.69) is 10.1 Å². The molecule has 5 heteroatoms. The molecule has 0 saturated carbocycles. The molecule has 0 aromatic heterocycles. The van der Waals surface area contributed by atoms with Crippen LogP contribution in [0.2, 0.25) is 0 Å². The van der Waals surface area contributed by atoms with Crippen molar-refractivity contribution in [2.45, 2.75) is 13.3 Å². The van der Waals surface area contributed by atoms with Crippen molar-refractivity contribution in [3.05, 3.63) is 0 Å². The Morgan fingerprint density at radius 1 is 1.75 bits per heavy atom. The maximum Gasteiger partial charge on any atom is 0.272 e. The van der Waals surface area contributed by atoms with Crippen LogP contribution in [0, 0.1) is 0 Å². The Balaban J connectivity index is 2.70. The summed E-state index contributed by atoms with van der Waals surface area (Å²) in [5, 5.41) is 3.62. The van der Waals surface area contributed by atoms with Crippen molar-refractivity contribution in [1.82, 2.24) is 0 Å². The van der Waals surface area contributed by atoms with E-state index < -0.39 is 0 Å². The molecule has 1 aliphatic rings. The van der Waals surface area contributed by atoms with Crippen molar-refractivity contribution in [2.75, 3.05) is 13.2 Å². The molecule has 1 heterocycles. The normalized spacial score (nSPS) is 17.4. The van der Waals surface area contributed by atoms with Crippen LogP contribution in [0.5, 0.6) is 0 Å². The second kappa shape index (κ2) is 4.48. The molecule has 0 fully saturated rings. The van der Waals surface area contributed by atoms with Crippen LogP contribution >= 0.6 is 0 Å². The molecular weight excluding hydrogens is 160 g/mol. The highest BCUT2D eigenvalue weighted by atomic mass is 16.7. The van der Waals surface area contributed by atoms with Crippen LogP contribution in [0.25, 0.3) is 0 Å². The van der Waals surface area contributed by atoms with E-state index in [-0.39, 0.29) is 0 Å². The van der Waals surface area contributed by atoms with Crippen LogP contribution in [0.3, 0.4) is 0 Å². The first-order chi connectivity index (χ1) is 5.88. The van der Waals surface area contributed by atoms with E-state index in [9.17, 15) is 4.79 Å². The molecule has 0 unspecified atom stereocenters. The molecule has 0 spiro atoms. The molecule has 0 aromatic carbocycles. The van der Waals surface area contributed by atoms with Gasteiger partial charge in [-0.1, -0.05) is 6.92 Å². The SMILES string of the molecule is CCC(=NC=O)C1=NOCCO1. The molecule has 0 aliphatic carbocycles. The number of nitrogens with zero attached hydrogens (tertiary/aromatic N) is 2. The van der Waals surface area contributed by atoms with Crippen LogP contribution in [0.15, 0.2) is 10.1 Å². The van der Waals surface area contributed by atoms with Gasteiger partial charge in [-0.3, -0.25) is 4.79 Å². The maximum atomic E-state index is 10.1. The Morgan fingerprint density at radius 2 is 2.58 bits per heavy atom. The minimum Gasteiger partial charge on any atom is -0.471 e. The molecular formula is C7H10N2O3. The van der Waals surface area contributed by atoms with Gasteiger partial charge in [0.1, 0.15) is 12.3 Å². The third-order valence-electron chi connectivity index (χ3n) is 1.35. The first-order valence-corrected chi connectivity index (χ1v) is 3.72. The number of carbonyl (C=O) groups is 1. The minimum atomic E-state index is 0.316. The predicted molar refractivity (Wildman–Crippen MR) is 43.1 cm³/mol. The highest BCUT2D eigenvalue weighted by Crippen LogP contribution is 1.99. The molecule has 12 heavy (non-hydrogen) atoms. The van der Waals surface area contributed by atoms with Gasteiger partial charge in [0.25, 0.3) is 5.90 Å². The summed E-state index contributed by atoms with van der Waals surface area (Å²) in [4.78, 5) is 18.4. The lowest BCUT2D eigenvalue weighted by Crippen LogP contribution is -2.24. The van der Waals surface area contributed by atoms with E-state index in [1.165, 1.54) is 0 Å². The van der Waals surface area contributed by atoms with E-state index in [0.29, 0.717) is 37.7 Å². The summed E-state index contributed by atoms with van der Waals surface area (Å²) in [6.45, 7) is 2.76. The van der Waals surface area contributed by atoms with Crippen molar-refractivity contribution < 1.29 is 14.4 Å². The quantitative estimate of drug-likeness (QED) is 0.453. The number of ether oxygens (including phenoxy) is 1. The molecule has 5 nitrogen and oxygen atoms in total. The van der Waals surface area contributed by atoms with E-state index in [1.807, 2.05) is 6.92 Å². The lowest BCUT2D eigenvalue weighted by atomic mass is 10.3. The van der Waals surface area contributed by atoms with Crippen LogP contribution in [0.4, 0.5) is 0 Å². The van der Waals surface area contributed by atoms with E-state index in [0.717, 1.165) is 0 Å². The number of rotatable bonds is 3. The van der Waals surface area contributed by atoms with Gasteiger partial charge in [-0.25, -0.2) is 4.99 Å². The van der Waals surface area contributed by atoms with Gasteiger partial charge in [0.2, 0.25) is 6.41 Å². The molecule has 0 saturated heterocycles. The zero-order valence-electron chi connectivity index (χ0n) is 6.82. The van der Waals surface area contributed by atoms with Gasteiger partial charge in [-0.05, 0) is 11.6 Å². The van der Waals surface area contributed by atoms with Gasteiger partial charge < -0.3 is 9.57 Å². The molecule has 0 aromatic rings. The third kappa shape index (κ3) is 2.05. The summed E-state index contributed by atoms with van der Waals surface area (Å²) in [6.07, 6.45) is 1.07. The lowest BCUT2D eigenvalue weighted by molar-refractivity contribution is -0.106. The zero-order chi connectivity index (χ0) is 8.81. The molecule has 0 radical (unpaired) electrons. The first-order valence-electron chi connectivity index (χ1n) is 3.72. The fraction of sp³-hybridized carbons (Fsp3) is 0.571. The van der Waals surface area contributed by atoms with Gasteiger partial charge >= 0.3 is 0 Å². The summed E-state index contributed by atoms with van der Waals surface area (Å²) in [5.74, 6) is 0.316. The smallest absolute Gasteiger partial charge is 0.272 e. The highest BCUT2D eigenvalue weighted by Gasteiger charge is 2.12. The van der Waals surface area contributed by atoms with E-state index in [4.69, 9.17) is 9.57 Å². The standard InChI is InChI=1S/C7H10N2O3/c1-2-6(8-5-10)7-9-12-4-3-11-7/h5H,2-4H2,1H3. The summed E-state index contributed by atoms with van der Waals surface area (Å²) < 4.78 is 5.12. The minimum absolute atomic E-state index is 0.316. The Morgan fingerprint density at radius 3 is 3.08 bits per heavy atom. The molecule has 1 rings (SSSR count). The highest BCUT2D eigenvalue weighted by molar-refractivity contribution is 6.39. The van der Waals surface area contributed by atoms with Crippen molar-refractivity contribution in [1.29, 1.82) is 0 Å². The number of hydrogen-bond donors (Lipinski definition) is 0. The monoisotopic (exact) mass is 170 g/mol. The van der Waals surface area contributed by atoms with Crippen molar-refractivity contribution in [2.24, 2.45) is 10.1 Å². The Hall–Kier alpha value is -1.39. The third-order valence-corrected chi connectivity index (χ3v) is 1.35. The Labute approximate surface area is 70.1 Å². The number of carbonyl (C=O) groups excluding carboxylic acids is 1. The van der Waals surface area contributed by atoms with Gasteiger partial charge in [0.15, 0.2) is 6.61 Å². The Kier molecular flexibility index (Phi) is 3.25. The molecule has 1 amide bonds. The van der Waals surface area contributed by atoms with Crippen LogP contribution in [-0.4, -0.2) is 31.2 Å². The molecule has 66 valence electrons. The summed E-state index contributed by atoms with van der Waals surface area (Å²) in [5.41, 5.74) is 0.518. The zero-order valence-corrected chi connectivity index (χ0v) is 6.82. The number of aliphatic imine (C=N–C) groups is 1. The summed E-state index contributed by atoms with van der Waals surface area (Å²) >= 11 is 0. The average molecular weight is 170 g/mol. The molecule has 0 bridgehead atoms. The van der Waals surface area contributed by atoms with Crippen molar-refractivity contribution in [3.8, 4) is 0 Å². The molecule has 0 N–H and O–H groups in total. The Bertz CT molecular complexity index is 223. The fourth-order valence-corrected chi connectivity index (χ4v) is 0.804. The number of hydrogen-bond acceptors (Lipinski definition) is 4. The molecule has 1 aliphatic heterocycles. The average Bonchev–Trinajstić information content (AvgIpc) is 2.15. The number of amides is 1. The predicted octanol–water partition coefficient (Wildman–Crippen LogP) is 0.354. The summed E-state index contributed by atoms with van der Waals surface area (Å²) in [7, 11) is 0. The molecule has 0 atom stereocenters. The number of oxime groups is 1. The van der Waals surface area contributed by atoms with Gasteiger partial charge in [-0.2, -0.15) is 0 Å². The summed E-state index contributed by atoms with van der Waals surface area (Å²) in [6, 6.07) is 0.